The van der Waals surface area contributed by atoms with Gasteiger partial charge in [0.15, 0.2) is 5.13 Å². The Hall–Kier alpha value is -1.35. The summed E-state index contributed by atoms with van der Waals surface area (Å²) in [4.78, 5) is 4.35. The summed E-state index contributed by atoms with van der Waals surface area (Å²) in [5.74, 6) is 0. The van der Waals surface area contributed by atoms with Crippen molar-refractivity contribution in [3.8, 4) is 11.3 Å². The summed E-state index contributed by atoms with van der Waals surface area (Å²) < 4.78 is 0. The van der Waals surface area contributed by atoms with Gasteiger partial charge in [0, 0.05) is 10.9 Å². The van der Waals surface area contributed by atoms with E-state index < -0.39 is 0 Å². The van der Waals surface area contributed by atoms with Crippen molar-refractivity contribution in [1.29, 1.82) is 0 Å². The number of benzene rings is 1. The van der Waals surface area contributed by atoms with Crippen LogP contribution in [-0.2, 0) is 6.42 Å². The molecule has 0 aliphatic heterocycles. The maximum Gasteiger partial charge on any atom is 0.180 e. The molecule has 2 aromatic rings. The number of nitrogens with two attached hydrogens (primary N) is 1. The first-order valence-electron chi connectivity index (χ1n) is 5.43. The third-order valence-electron chi connectivity index (χ3n) is 2.78. The largest absolute Gasteiger partial charge is 0.375 e. The van der Waals surface area contributed by atoms with E-state index in [2.05, 4.69) is 37.9 Å². The zero-order valence-electron chi connectivity index (χ0n) is 9.87. The van der Waals surface area contributed by atoms with E-state index in [0.717, 1.165) is 12.1 Å². The molecule has 0 amide bonds. The first kappa shape index (κ1) is 11.1. The van der Waals surface area contributed by atoms with Crippen LogP contribution in [0.4, 0.5) is 5.13 Å². The smallest absolute Gasteiger partial charge is 0.180 e. The predicted octanol–water partition coefficient (Wildman–Crippen LogP) is 3.57. The van der Waals surface area contributed by atoms with Crippen LogP contribution in [0.2, 0.25) is 0 Å². The molecule has 0 fully saturated rings. The standard InChI is InChI=1S/C13H16N2S/c1-4-10-5-8(2)12(9(3)6-10)11-7-16-13(14)15-11/h5-7H,4H2,1-3H3,(H2,14,15). The van der Waals surface area contributed by atoms with Crippen molar-refractivity contribution < 1.29 is 0 Å². The van der Waals surface area contributed by atoms with E-state index in [1.807, 2.05) is 5.38 Å². The highest BCUT2D eigenvalue weighted by Gasteiger charge is 2.09. The number of aryl methyl sites for hydroxylation is 3. The summed E-state index contributed by atoms with van der Waals surface area (Å²) in [6, 6.07) is 4.47. The molecule has 1 heterocycles. The van der Waals surface area contributed by atoms with Crippen molar-refractivity contribution in [1.82, 2.24) is 4.98 Å². The van der Waals surface area contributed by atoms with Gasteiger partial charge in [-0.2, -0.15) is 0 Å². The molecule has 0 spiro atoms. The molecule has 2 rings (SSSR count). The fourth-order valence-electron chi connectivity index (χ4n) is 2.06. The van der Waals surface area contributed by atoms with Gasteiger partial charge in [-0.1, -0.05) is 19.1 Å². The molecule has 0 saturated carbocycles. The molecule has 2 nitrogen and oxygen atoms in total. The fraction of sp³-hybridized carbons (Fsp3) is 0.308. The number of nitrogen functional groups attached to an aromatic ring is 1. The summed E-state index contributed by atoms with van der Waals surface area (Å²) in [7, 11) is 0. The van der Waals surface area contributed by atoms with Crippen LogP contribution >= 0.6 is 11.3 Å². The third-order valence-corrected chi connectivity index (χ3v) is 3.45. The molecule has 84 valence electrons. The van der Waals surface area contributed by atoms with Crippen LogP contribution in [-0.4, -0.2) is 4.98 Å². The van der Waals surface area contributed by atoms with Crippen LogP contribution in [0, 0.1) is 13.8 Å². The molecule has 0 atom stereocenters. The summed E-state index contributed by atoms with van der Waals surface area (Å²) >= 11 is 1.49. The number of hydrogen-bond acceptors (Lipinski definition) is 3. The Balaban J connectivity index is 2.57. The van der Waals surface area contributed by atoms with Crippen molar-refractivity contribution in [2.75, 3.05) is 5.73 Å². The van der Waals surface area contributed by atoms with E-state index in [-0.39, 0.29) is 0 Å². The van der Waals surface area contributed by atoms with Gasteiger partial charge in [0.1, 0.15) is 0 Å². The highest BCUT2D eigenvalue weighted by molar-refractivity contribution is 7.13. The Labute approximate surface area is 100 Å². The average Bonchev–Trinajstić information content (AvgIpc) is 2.63. The lowest BCUT2D eigenvalue weighted by Gasteiger charge is -2.09. The van der Waals surface area contributed by atoms with Gasteiger partial charge in [0.05, 0.1) is 5.69 Å². The van der Waals surface area contributed by atoms with E-state index in [9.17, 15) is 0 Å². The van der Waals surface area contributed by atoms with Crippen LogP contribution in [0.15, 0.2) is 17.5 Å². The first-order chi connectivity index (χ1) is 7.61. The first-order valence-corrected chi connectivity index (χ1v) is 6.31. The lowest BCUT2D eigenvalue weighted by atomic mass is 9.96. The van der Waals surface area contributed by atoms with E-state index in [1.54, 1.807) is 0 Å². The fourth-order valence-corrected chi connectivity index (χ4v) is 2.62. The van der Waals surface area contributed by atoms with Crippen molar-refractivity contribution in [2.45, 2.75) is 27.2 Å². The normalized spacial score (nSPS) is 10.7. The summed E-state index contributed by atoms with van der Waals surface area (Å²) in [5.41, 5.74) is 11.8. The lowest BCUT2D eigenvalue weighted by Crippen LogP contribution is -1.92. The van der Waals surface area contributed by atoms with Gasteiger partial charge in [-0.3, -0.25) is 0 Å². The van der Waals surface area contributed by atoms with E-state index >= 15 is 0 Å². The minimum atomic E-state index is 0.633. The third kappa shape index (κ3) is 1.95. The van der Waals surface area contributed by atoms with E-state index in [0.29, 0.717) is 5.13 Å². The molecular weight excluding hydrogens is 216 g/mol. The van der Waals surface area contributed by atoms with Gasteiger partial charge >= 0.3 is 0 Å². The number of aromatic nitrogens is 1. The van der Waals surface area contributed by atoms with Gasteiger partial charge < -0.3 is 5.73 Å². The minimum Gasteiger partial charge on any atom is -0.375 e. The molecule has 0 radical (unpaired) electrons. The van der Waals surface area contributed by atoms with E-state index in [4.69, 9.17) is 5.73 Å². The van der Waals surface area contributed by atoms with Crippen LogP contribution in [0.5, 0.6) is 0 Å². The molecular formula is C13H16N2S. The lowest BCUT2D eigenvalue weighted by molar-refractivity contribution is 1.12. The molecule has 0 aliphatic carbocycles. The molecule has 0 bridgehead atoms. The van der Waals surface area contributed by atoms with Crippen molar-refractivity contribution in [3.63, 3.8) is 0 Å². The molecule has 0 unspecified atom stereocenters. The maximum absolute atomic E-state index is 5.68. The highest BCUT2D eigenvalue weighted by atomic mass is 32.1. The number of rotatable bonds is 2. The SMILES string of the molecule is CCc1cc(C)c(-c2csc(N)n2)c(C)c1. The number of nitrogens with zero attached hydrogens (tertiary/aromatic N) is 1. The second-order valence-corrected chi connectivity index (χ2v) is 4.92. The molecule has 1 aromatic carbocycles. The van der Waals surface area contributed by atoms with Crippen molar-refractivity contribution in [3.05, 3.63) is 34.2 Å². The Morgan fingerprint density at radius 3 is 2.31 bits per heavy atom. The predicted molar refractivity (Wildman–Crippen MR) is 70.8 cm³/mol. The van der Waals surface area contributed by atoms with Gasteiger partial charge in [0.25, 0.3) is 0 Å². The molecule has 2 N–H and O–H groups in total. The second-order valence-electron chi connectivity index (χ2n) is 4.03. The van der Waals surface area contributed by atoms with Crippen LogP contribution in [0.1, 0.15) is 23.6 Å². The molecule has 0 saturated heterocycles. The monoisotopic (exact) mass is 232 g/mol. The Morgan fingerprint density at radius 2 is 1.88 bits per heavy atom. The van der Waals surface area contributed by atoms with Crippen LogP contribution < -0.4 is 5.73 Å². The summed E-state index contributed by atoms with van der Waals surface area (Å²) in [6.07, 6.45) is 1.07. The highest BCUT2D eigenvalue weighted by Crippen LogP contribution is 2.30. The van der Waals surface area contributed by atoms with Gasteiger partial charge in [-0.15, -0.1) is 11.3 Å². The molecule has 16 heavy (non-hydrogen) atoms. The van der Waals surface area contributed by atoms with Crippen LogP contribution in [0.3, 0.4) is 0 Å². The number of thiazole rings is 1. The summed E-state index contributed by atoms with van der Waals surface area (Å²) in [5, 5.41) is 2.66. The Kier molecular flexibility index (Phi) is 2.97. The number of anilines is 1. The molecule has 1 aromatic heterocycles. The quantitative estimate of drug-likeness (QED) is 0.859. The Morgan fingerprint density at radius 1 is 1.25 bits per heavy atom. The van der Waals surface area contributed by atoms with Crippen molar-refractivity contribution >= 4 is 16.5 Å². The molecule has 3 heteroatoms. The van der Waals surface area contributed by atoms with Crippen molar-refractivity contribution in [2.24, 2.45) is 0 Å². The summed E-state index contributed by atoms with van der Waals surface area (Å²) in [6.45, 7) is 6.45. The molecule has 0 aliphatic rings. The van der Waals surface area contributed by atoms with Gasteiger partial charge in [-0.05, 0) is 37.0 Å². The number of hydrogen-bond donors (Lipinski definition) is 1. The zero-order chi connectivity index (χ0) is 11.7. The van der Waals surface area contributed by atoms with Gasteiger partial charge in [-0.25, -0.2) is 4.98 Å². The van der Waals surface area contributed by atoms with Crippen LogP contribution in [0.25, 0.3) is 11.3 Å². The second kappa shape index (κ2) is 4.26. The van der Waals surface area contributed by atoms with Gasteiger partial charge in [0.2, 0.25) is 0 Å². The maximum atomic E-state index is 5.68. The Bertz CT molecular complexity index is 491. The topological polar surface area (TPSA) is 38.9 Å². The minimum absolute atomic E-state index is 0.633. The zero-order valence-corrected chi connectivity index (χ0v) is 10.7. The van der Waals surface area contributed by atoms with E-state index in [1.165, 1.54) is 33.6 Å². The average molecular weight is 232 g/mol.